The predicted molar refractivity (Wildman–Crippen MR) is 145 cm³/mol. The molecule has 3 aliphatic rings. The Hall–Kier alpha value is -2.65. The Morgan fingerprint density at radius 2 is 2.05 bits per heavy atom. The topological polar surface area (TPSA) is 116 Å². The number of nitrogens with zero attached hydrogens (tertiary/aromatic N) is 3. The number of carboxylic acids is 1. The molecule has 3 N–H and O–H groups in total. The molecule has 3 unspecified atom stereocenters. The third kappa shape index (κ3) is 5.99. The van der Waals surface area contributed by atoms with Crippen LogP contribution in [0.5, 0.6) is 5.75 Å². The number of amides is 2. The van der Waals surface area contributed by atoms with Crippen molar-refractivity contribution >= 4 is 17.8 Å². The molecule has 0 bridgehead atoms. The molecule has 0 radical (unpaired) electrons. The molecular formula is C29H44N4O5. The molecule has 0 aromatic heterocycles. The fraction of sp³-hybridized carbons (Fsp3) is 0.690. The molecule has 38 heavy (non-hydrogen) atoms. The van der Waals surface area contributed by atoms with Gasteiger partial charge in [0, 0.05) is 63.1 Å². The fourth-order valence-electron chi connectivity index (χ4n) is 6.32. The van der Waals surface area contributed by atoms with E-state index in [1.807, 2.05) is 35.8 Å². The van der Waals surface area contributed by atoms with Crippen LogP contribution >= 0.6 is 0 Å². The second kappa shape index (κ2) is 12.0. The quantitative estimate of drug-likeness (QED) is 0.428. The smallest absolute Gasteiger partial charge is 0.308 e. The fourth-order valence-corrected chi connectivity index (χ4v) is 6.32. The van der Waals surface area contributed by atoms with Crippen molar-refractivity contribution in [3.63, 3.8) is 0 Å². The molecule has 2 saturated heterocycles. The number of carbonyl (C=O) groups is 3. The van der Waals surface area contributed by atoms with E-state index in [-0.39, 0.29) is 35.7 Å². The second-order valence-electron chi connectivity index (χ2n) is 11.7. The van der Waals surface area contributed by atoms with Gasteiger partial charge < -0.3 is 25.4 Å². The Labute approximate surface area is 226 Å². The minimum Gasteiger partial charge on any atom is -0.493 e. The highest BCUT2D eigenvalue weighted by atomic mass is 16.5. The van der Waals surface area contributed by atoms with Gasteiger partial charge in [-0.3, -0.25) is 19.3 Å². The number of aliphatic carboxylic acids is 1. The van der Waals surface area contributed by atoms with Gasteiger partial charge in [-0.1, -0.05) is 39.3 Å². The number of benzene rings is 1. The molecule has 210 valence electrons. The Kier molecular flexibility index (Phi) is 8.98. The highest BCUT2D eigenvalue weighted by Gasteiger charge is 2.48. The Morgan fingerprint density at radius 3 is 2.71 bits per heavy atom. The monoisotopic (exact) mass is 528 g/mol. The summed E-state index contributed by atoms with van der Waals surface area (Å²) in [6, 6.07) is 5.65. The first kappa shape index (κ1) is 28.4. The lowest BCUT2D eigenvalue weighted by Gasteiger charge is -2.31. The van der Waals surface area contributed by atoms with Crippen molar-refractivity contribution in [1.82, 2.24) is 14.7 Å². The van der Waals surface area contributed by atoms with Gasteiger partial charge in [-0.05, 0) is 36.5 Å². The number of rotatable bonds is 12. The Bertz CT molecular complexity index is 1030. The van der Waals surface area contributed by atoms with E-state index in [0.717, 1.165) is 42.6 Å². The third-order valence-corrected chi connectivity index (χ3v) is 8.61. The maximum absolute atomic E-state index is 13.4. The first-order chi connectivity index (χ1) is 18.2. The minimum absolute atomic E-state index is 0.0144. The molecule has 0 spiro atoms. The predicted octanol–water partition coefficient (Wildman–Crippen LogP) is 2.33. The lowest BCUT2D eigenvalue weighted by molar-refractivity contribution is -0.144. The van der Waals surface area contributed by atoms with Crippen molar-refractivity contribution in [2.24, 2.45) is 17.1 Å². The molecule has 4 rings (SSSR count). The average molecular weight is 529 g/mol. The number of nitrogens with two attached hydrogens (primary N) is 1. The van der Waals surface area contributed by atoms with Gasteiger partial charge in [0.25, 0.3) is 0 Å². The molecular weight excluding hydrogens is 484 g/mol. The number of carboxylic acid groups (broad SMARTS) is 1. The van der Waals surface area contributed by atoms with E-state index in [2.05, 4.69) is 17.9 Å². The SMILES string of the molecule is CCCCN(CCN)C(=O)CN1CC(c2ccc3c(c2)CCO3)C(C(=O)O)C1CCN1CCC(C)(C)C1=O. The van der Waals surface area contributed by atoms with Crippen LogP contribution in [0.2, 0.25) is 0 Å². The van der Waals surface area contributed by atoms with E-state index in [9.17, 15) is 19.5 Å². The van der Waals surface area contributed by atoms with Crippen LogP contribution in [-0.4, -0.2) is 96.1 Å². The zero-order chi connectivity index (χ0) is 27.4. The van der Waals surface area contributed by atoms with Crippen LogP contribution in [0.3, 0.4) is 0 Å². The lowest BCUT2D eigenvalue weighted by atomic mass is 9.83. The first-order valence-corrected chi connectivity index (χ1v) is 14.2. The van der Waals surface area contributed by atoms with E-state index in [4.69, 9.17) is 10.5 Å². The lowest BCUT2D eigenvalue weighted by Crippen LogP contribution is -2.46. The molecule has 2 amide bonds. The van der Waals surface area contributed by atoms with Gasteiger partial charge in [-0.25, -0.2) is 0 Å². The van der Waals surface area contributed by atoms with Crippen molar-refractivity contribution in [3.8, 4) is 5.75 Å². The molecule has 3 aliphatic heterocycles. The molecule has 2 fully saturated rings. The maximum atomic E-state index is 13.4. The van der Waals surface area contributed by atoms with Gasteiger partial charge in [-0.2, -0.15) is 0 Å². The van der Waals surface area contributed by atoms with Gasteiger partial charge in [0.1, 0.15) is 5.75 Å². The van der Waals surface area contributed by atoms with Crippen molar-refractivity contribution in [2.75, 3.05) is 52.4 Å². The summed E-state index contributed by atoms with van der Waals surface area (Å²) in [5.74, 6) is -0.809. The zero-order valence-electron chi connectivity index (χ0n) is 23.2. The average Bonchev–Trinajstić information content (AvgIpc) is 3.56. The Balaban J connectivity index is 1.58. The highest BCUT2D eigenvalue weighted by Crippen LogP contribution is 2.41. The molecule has 1 aromatic rings. The van der Waals surface area contributed by atoms with E-state index >= 15 is 0 Å². The van der Waals surface area contributed by atoms with E-state index in [0.29, 0.717) is 52.3 Å². The Morgan fingerprint density at radius 1 is 1.26 bits per heavy atom. The third-order valence-electron chi connectivity index (χ3n) is 8.61. The van der Waals surface area contributed by atoms with Crippen LogP contribution < -0.4 is 10.5 Å². The molecule has 9 heteroatoms. The van der Waals surface area contributed by atoms with Gasteiger partial charge >= 0.3 is 5.97 Å². The van der Waals surface area contributed by atoms with E-state index in [1.54, 1.807) is 0 Å². The molecule has 1 aromatic carbocycles. The number of hydrogen-bond acceptors (Lipinski definition) is 6. The number of hydrogen-bond donors (Lipinski definition) is 2. The van der Waals surface area contributed by atoms with Crippen LogP contribution in [-0.2, 0) is 20.8 Å². The number of carbonyl (C=O) groups excluding carboxylic acids is 2. The summed E-state index contributed by atoms with van der Waals surface area (Å²) in [6.45, 7) is 10.0. The highest BCUT2D eigenvalue weighted by molar-refractivity contribution is 5.84. The van der Waals surface area contributed by atoms with Gasteiger partial charge in [0.2, 0.25) is 11.8 Å². The molecule has 9 nitrogen and oxygen atoms in total. The van der Waals surface area contributed by atoms with Crippen molar-refractivity contribution in [3.05, 3.63) is 29.3 Å². The molecule has 0 aliphatic carbocycles. The van der Waals surface area contributed by atoms with Crippen LogP contribution in [0.15, 0.2) is 18.2 Å². The van der Waals surface area contributed by atoms with E-state index < -0.39 is 11.9 Å². The van der Waals surface area contributed by atoms with Crippen LogP contribution in [0.25, 0.3) is 0 Å². The van der Waals surface area contributed by atoms with Crippen molar-refractivity contribution in [1.29, 1.82) is 0 Å². The summed E-state index contributed by atoms with van der Waals surface area (Å²) >= 11 is 0. The summed E-state index contributed by atoms with van der Waals surface area (Å²) in [5.41, 5.74) is 7.50. The molecule has 3 atom stereocenters. The number of fused-ring (bicyclic) bond motifs is 1. The summed E-state index contributed by atoms with van der Waals surface area (Å²) in [5, 5.41) is 10.5. The summed E-state index contributed by atoms with van der Waals surface area (Å²) in [4.78, 5) is 44.8. The van der Waals surface area contributed by atoms with Gasteiger partial charge in [0.05, 0.1) is 19.1 Å². The van der Waals surface area contributed by atoms with Crippen LogP contribution in [0.1, 0.15) is 63.5 Å². The molecule has 3 heterocycles. The number of likely N-dealkylation sites (tertiary alicyclic amines) is 2. The molecule has 0 saturated carbocycles. The van der Waals surface area contributed by atoms with E-state index in [1.165, 1.54) is 0 Å². The van der Waals surface area contributed by atoms with Crippen LogP contribution in [0.4, 0.5) is 0 Å². The van der Waals surface area contributed by atoms with Gasteiger partial charge in [-0.15, -0.1) is 0 Å². The van der Waals surface area contributed by atoms with Crippen molar-refractivity contribution < 1.29 is 24.2 Å². The standard InChI is InChI=1S/C29H44N4O5/c1-4-5-12-31(15-11-30)25(34)19-33-18-22(20-6-7-24-21(17-20)9-16-38-24)26(27(35)36)23(33)8-13-32-14-10-29(2,3)28(32)37/h6-7,17,22-23,26H,4-5,8-16,18-19,30H2,1-3H3,(H,35,36). The largest absolute Gasteiger partial charge is 0.493 e. The summed E-state index contributed by atoms with van der Waals surface area (Å²) in [6.07, 6.45) is 4.01. The normalized spacial score (nSPS) is 24.5. The van der Waals surface area contributed by atoms with Crippen molar-refractivity contribution in [2.45, 2.75) is 64.8 Å². The second-order valence-corrected chi connectivity index (χ2v) is 11.7. The van der Waals surface area contributed by atoms with Crippen LogP contribution in [0, 0.1) is 11.3 Å². The summed E-state index contributed by atoms with van der Waals surface area (Å²) in [7, 11) is 0. The maximum Gasteiger partial charge on any atom is 0.308 e. The minimum atomic E-state index is -0.857. The number of ether oxygens (including phenoxy) is 1. The summed E-state index contributed by atoms with van der Waals surface area (Å²) < 4.78 is 5.66. The first-order valence-electron chi connectivity index (χ1n) is 14.2. The zero-order valence-corrected chi connectivity index (χ0v) is 23.2. The van der Waals surface area contributed by atoms with Gasteiger partial charge in [0.15, 0.2) is 0 Å². The number of unbranched alkanes of at least 4 members (excludes halogenated alkanes) is 1.